The number of aromatic nitrogens is 2. The van der Waals surface area contributed by atoms with Gasteiger partial charge in [0.05, 0.1) is 18.9 Å². The van der Waals surface area contributed by atoms with Gasteiger partial charge < -0.3 is 4.74 Å². The second kappa shape index (κ2) is 4.19. The Kier molecular flexibility index (Phi) is 2.91. The molecule has 1 aromatic rings. The highest BCUT2D eigenvalue weighted by Crippen LogP contribution is 1.89. The van der Waals surface area contributed by atoms with Crippen LogP contribution in [0.3, 0.4) is 0 Å². The molecule has 1 aromatic heterocycles. The Morgan fingerprint density at radius 1 is 1.83 bits per heavy atom. The van der Waals surface area contributed by atoms with Crippen LogP contribution in [0.2, 0.25) is 0 Å². The highest BCUT2D eigenvalue weighted by molar-refractivity contribution is 5.72. The lowest BCUT2D eigenvalue weighted by atomic mass is 10.3. The van der Waals surface area contributed by atoms with Gasteiger partial charge in [0.15, 0.2) is 0 Å². The number of ether oxygens (including phenoxy) is 1. The van der Waals surface area contributed by atoms with Crippen molar-refractivity contribution in [1.82, 2.24) is 10.2 Å². The monoisotopic (exact) mass is 164 g/mol. The summed E-state index contributed by atoms with van der Waals surface area (Å²) in [6.07, 6.45) is 3.36. The minimum atomic E-state index is -0.328. The first kappa shape index (κ1) is 8.34. The van der Waals surface area contributed by atoms with Crippen LogP contribution in [0, 0.1) is 11.8 Å². The van der Waals surface area contributed by atoms with Crippen LogP contribution in [0.4, 0.5) is 0 Å². The smallest absolute Gasteiger partial charge is 0.317 e. The molecule has 0 aromatic carbocycles. The van der Waals surface area contributed by atoms with Crippen LogP contribution in [0.1, 0.15) is 12.0 Å². The third-order valence-corrected chi connectivity index (χ3v) is 1.19. The maximum atomic E-state index is 10.6. The molecule has 0 saturated heterocycles. The summed E-state index contributed by atoms with van der Waals surface area (Å²) in [5.74, 6) is 5.07. The van der Waals surface area contributed by atoms with Gasteiger partial charge in [0.2, 0.25) is 0 Å². The minimum absolute atomic E-state index is 0.113. The minimum Gasteiger partial charge on any atom is -0.468 e. The van der Waals surface area contributed by atoms with Gasteiger partial charge in [0, 0.05) is 6.20 Å². The lowest BCUT2D eigenvalue weighted by molar-refractivity contribution is -0.139. The summed E-state index contributed by atoms with van der Waals surface area (Å²) in [6.45, 7) is 0. The zero-order chi connectivity index (χ0) is 8.81. The average molecular weight is 164 g/mol. The van der Waals surface area contributed by atoms with Crippen molar-refractivity contribution in [2.45, 2.75) is 6.42 Å². The molecule has 0 aliphatic heterocycles. The summed E-state index contributed by atoms with van der Waals surface area (Å²) in [4.78, 5) is 10.6. The normalized spacial score (nSPS) is 8.42. The topological polar surface area (TPSA) is 55.0 Å². The number of nitrogens with one attached hydrogen (secondary N) is 1. The van der Waals surface area contributed by atoms with Crippen molar-refractivity contribution in [3.8, 4) is 11.8 Å². The molecule has 4 nitrogen and oxygen atoms in total. The van der Waals surface area contributed by atoms with Crippen LogP contribution in [-0.4, -0.2) is 23.3 Å². The molecule has 0 atom stereocenters. The number of aromatic amines is 1. The number of nitrogens with zero attached hydrogens (tertiary/aromatic N) is 1. The van der Waals surface area contributed by atoms with Gasteiger partial charge in [0.1, 0.15) is 6.42 Å². The van der Waals surface area contributed by atoms with Crippen molar-refractivity contribution in [3.05, 3.63) is 18.0 Å². The first-order chi connectivity index (χ1) is 5.83. The lowest BCUT2D eigenvalue weighted by Gasteiger charge is -1.88. The van der Waals surface area contributed by atoms with Crippen LogP contribution in [0.15, 0.2) is 12.4 Å². The van der Waals surface area contributed by atoms with Gasteiger partial charge in [-0.05, 0) is 0 Å². The molecule has 1 heterocycles. The van der Waals surface area contributed by atoms with Crippen LogP contribution in [-0.2, 0) is 9.53 Å². The second-order valence-corrected chi connectivity index (χ2v) is 2.04. The van der Waals surface area contributed by atoms with E-state index >= 15 is 0 Å². The quantitative estimate of drug-likeness (QED) is 0.480. The number of rotatable bonds is 1. The summed E-state index contributed by atoms with van der Waals surface area (Å²) in [5, 5.41) is 6.31. The largest absolute Gasteiger partial charge is 0.468 e. The Morgan fingerprint density at radius 3 is 3.25 bits per heavy atom. The molecular formula is C8H8N2O2. The van der Waals surface area contributed by atoms with Crippen molar-refractivity contribution < 1.29 is 9.53 Å². The van der Waals surface area contributed by atoms with Crippen LogP contribution in [0.25, 0.3) is 0 Å². The molecule has 0 spiro atoms. The second-order valence-electron chi connectivity index (χ2n) is 2.04. The van der Waals surface area contributed by atoms with Gasteiger partial charge in [-0.15, -0.1) is 0 Å². The molecule has 1 rings (SSSR count). The van der Waals surface area contributed by atoms with Gasteiger partial charge in [-0.1, -0.05) is 11.8 Å². The van der Waals surface area contributed by atoms with Gasteiger partial charge in [-0.2, -0.15) is 5.10 Å². The van der Waals surface area contributed by atoms with Gasteiger partial charge >= 0.3 is 5.97 Å². The molecule has 1 N–H and O–H groups in total. The SMILES string of the molecule is COC(=O)CC#Cc1cn[nH]c1. The van der Waals surface area contributed by atoms with Crippen molar-refractivity contribution in [3.63, 3.8) is 0 Å². The first-order valence-corrected chi connectivity index (χ1v) is 3.37. The number of hydrogen-bond donors (Lipinski definition) is 1. The Labute approximate surface area is 69.9 Å². The predicted molar refractivity (Wildman–Crippen MR) is 42.1 cm³/mol. The van der Waals surface area contributed by atoms with Crippen LogP contribution in [0.5, 0.6) is 0 Å². The number of H-pyrrole nitrogens is 1. The zero-order valence-corrected chi connectivity index (χ0v) is 6.63. The van der Waals surface area contributed by atoms with E-state index in [2.05, 4.69) is 26.8 Å². The van der Waals surface area contributed by atoms with E-state index in [1.165, 1.54) is 7.11 Å². The molecule has 0 aliphatic carbocycles. The molecule has 0 bridgehead atoms. The van der Waals surface area contributed by atoms with E-state index in [1.54, 1.807) is 12.4 Å². The molecule has 0 amide bonds. The summed E-state index contributed by atoms with van der Waals surface area (Å²) in [5.41, 5.74) is 0.763. The van der Waals surface area contributed by atoms with Gasteiger partial charge in [0.25, 0.3) is 0 Å². The molecule has 12 heavy (non-hydrogen) atoms. The fourth-order valence-electron chi connectivity index (χ4n) is 0.610. The number of carbonyl (C=O) groups excluding carboxylic acids is 1. The summed E-state index contributed by atoms with van der Waals surface area (Å²) < 4.78 is 4.40. The third-order valence-electron chi connectivity index (χ3n) is 1.19. The van der Waals surface area contributed by atoms with E-state index in [1.807, 2.05) is 0 Å². The summed E-state index contributed by atoms with van der Waals surface area (Å²) in [7, 11) is 1.34. The number of methoxy groups -OCH3 is 1. The molecule has 0 aliphatic rings. The van der Waals surface area contributed by atoms with E-state index in [-0.39, 0.29) is 12.4 Å². The fourth-order valence-corrected chi connectivity index (χ4v) is 0.610. The van der Waals surface area contributed by atoms with E-state index in [9.17, 15) is 4.79 Å². The van der Waals surface area contributed by atoms with Crippen LogP contribution >= 0.6 is 0 Å². The Bertz CT molecular complexity index is 306. The standard InChI is InChI=1S/C8H8N2O2/c1-12-8(11)4-2-3-7-5-9-10-6-7/h5-6H,4H2,1H3,(H,9,10). The van der Waals surface area contributed by atoms with E-state index < -0.39 is 0 Å². The van der Waals surface area contributed by atoms with Crippen molar-refractivity contribution in [2.24, 2.45) is 0 Å². The number of esters is 1. The molecule has 0 unspecified atom stereocenters. The molecule has 0 fully saturated rings. The lowest BCUT2D eigenvalue weighted by Crippen LogP contribution is -1.96. The van der Waals surface area contributed by atoms with E-state index in [0.29, 0.717) is 0 Å². The first-order valence-electron chi connectivity index (χ1n) is 3.37. The zero-order valence-electron chi connectivity index (χ0n) is 6.63. The molecule has 4 heteroatoms. The van der Waals surface area contributed by atoms with E-state index in [0.717, 1.165) is 5.56 Å². The van der Waals surface area contributed by atoms with Gasteiger partial charge in [-0.25, -0.2) is 0 Å². The highest BCUT2D eigenvalue weighted by Gasteiger charge is 1.93. The maximum Gasteiger partial charge on any atom is 0.317 e. The van der Waals surface area contributed by atoms with Crippen molar-refractivity contribution in [2.75, 3.05) is 7.11 Å². The number of carbonyl (C=O) groups is 1. The summed E-state index contributed by atoms with van der Waals surface area (Å²) in [6, 6.07) is 0. The van der Waals surface area contributed by atoms with Crippen LogP contribution < -0.4 is 0 Å². The summed E-state index contributed by atoms with van der Waals surface area (Å²) >= 11 is 0. The molecule has 0 saturated carbocycles. The molecule has 0 radical (unpaired) electrons. The molecule has 62 valence electrons. The number of hydrogen-bond acceptors (Lipinski definition) is 3. The maximum absolute atomic E-state index is 10.6. The van der Waals surface area contributed by atoms with Crippen molar-refractivity contribution >= 4 is 5.97 Å². The fraction of sp³-hybridized carbons (Fsp3) is 0.250. The Morgan fingerprint density at radius 2 is 2.67 bits per heavy atom. The van der Waals surface area contributed by atoms with E-state index in [4.69, 9.17) is 0 Å². The highest BCUT2D eigenvalue weighted by atomic mass is 16.5. The van der Waals surface area contributed by atoms with Crippen molar-refractivity contribution in [1.29, 1.82) is 0 Å². The Balaban J connectivity index is 2.45. The Hall–Kier alpha value is -1.76. The average Bonchev–Trinajstić information content (AvgIpc) is 2.57. The predicted octanol–water partition coefficient (Wildman–Crippen LogP) is 0.324. The van der Waals surface area contributed by atoms with Gasteiger partial charge in [-0.3, -0.25) is 9.89 Å². The molecular weight excluding hydrogens is 156 g/mol. The third kappa shape index (κ3) is 2.46.